The van der Waals surface area contributed by atoms with Crippen LogP contribution in [0.25, 0.3) is 0 Å². The van der Waals surface area contributed by atoms with Crippen LogP contribution in [0.2, 0.25) is 0 Å². The molecular weight excluding hydrogens is 415 g/mol. The number of carbonyl (C=O) groups is 1. The standard InChI is InChI=1S/C16H21BrF3N5O/c1-10-9-11(2)24(22-10)7-4-6-21-13(26)5-8-25-12(3)14(17)15(23-25)16(18,19)20/h9H,4-8H2,1-3H3,(H,21,26). The first kappa shape index (κ1) is 20.5. The van der Waals surface area contributed by atoms with E-state index in [9.17, 15) is 18.0 Å². The number of nitrogens with one attached hydrogen (secondary N) is 1. The van der Waals surface area contributed by atoms with Crippen molar-refractivity contribution < 1.29 is 18.0 Å². The highest BCUT2D eigenvalue weighted by Gasteiger charge is 2.37. The summed E-state index contributed by atoms with van der Waals surface area (Å²) in [5.41, 5.74) is 1.38. The number of rotatable bonds is 7. The lowest BCUT2D eigenvalue weighted by Gasteiger charge is -2.08. The minimum Gasteiger partial charge on any atom is -0.356 e. The summed E-state index contributed by atoms with van der Waals surface area (Å²) in [4.78, 5) is 11.9. The number of hydrogen-bond donors (Lipinski definition) is 1. The molecule has 0 aromatic carbocycles. The summed E-state index contributed by atoms with van der Waals surface area (Å²) in [6, 6.07) is 1.98. The molecule has 0 saturated heterocycles. The van der Waals surface area contributed by atoms with Gasteiger partial charge in [0.15, 0.2) is 5.69 Å². The molecule has 0 aliphatic heterocycles. The summed E-state index contributed by atoms with van der Waals surface area (Å²) in [6.45, 7) is 6.68. The van der Waals surface area contributed by atoms with Crippen LogP contribution in [0.1, 0.15) is 35.6 Å². The summed E-state index contributed by atoms with van der Waals surface area (Å²) < 4.78 is 41.5. The van der Waals surface area contributed by atoms with Gasteiger partial charge in [-0.05, 0) is 49.2 Å². The van der Waals surface area contributed by atoms with Crippen molar-refractivity contribution in [2.75, 3.05) is 6.54 Å². The maximum absolute atomic E-state index is 12.8. The van der Waals surface area contributed by atoms with Crippen LogP contribution in [0.5, 0.6) is 0 Å². The second kappa shape index (κ2) is 8.24. The molecule has 0 aliphatic rings. The summed E-state index contributed by atoms with van der Waals surface area (Å²) in [6.07, 6.45) is -3.75. The number of aromatic nitrogens is 4. The van der Waals surface area contributed by atoms with Crippen LogP contribution in [0.4, 0.5) is 13.2 Å². The van der Waals surface area contributed by atoms with Crippen LogP contribution in [0.3, 0.4) is 0 Å². The first-order valence-electron chi connectivity index (χ1n) is 8.17. The Balaban J connectivity index is 1.78. The average molecular weight is 436 g/mol. The molecule has 0 spiro atoms. The van der Waals surface area contributed by atoms with Gasteiger partial charge in [0.25, 0.3) is 0 Å². The highest BCUT2D eigenvalue weighted by atomic mass is 79.9. The number of aryl methyl sites for hydroxylation is 4. The van der Waals surface area contributed by atoms with Crippen LogP contribution in [-0.4, -0.2) is 32.0 Å². The molecule has 1 amide bonds. The van der Waals surface area contributed by atoms with E-state index >= 15 is 0 Å². The number of halogens is 4. The zero-order valence-corrected chi connectivity index (χ0v) is 16.4. The lowest BCUT2D eigenvalue weighted by atomic mass is 10.3. The smallest absolute Gasteiger partial charge is 0.356 e. The van der Waals surface area contributed by atoms with Crippen molar-refractivity contribution in [1.29, 1.82) is 0 Å². The van der Waals surface area contributed by atoms with E-state index < -0.39 is 11.9 Å². The van der Waals surface area contributed by atoms with Gasteiger partial charge in [0, 0.05) is 25.2 Å². The average Bonchev–Trinajstić information content (AvgIpc) is 3.01. The van der Waals surface area contributed by atoms with Gasteiger partial charge in [-0.3, -0.25) is 14.2 Å². The van der Waals surface area contributed by atoms with Gasteiger partial charge in [0.05, 0.1) is 22.4 Å². The number of amides is 1. The van der Waals surface area contributed by atoms with Crippen LogP contribution in [0, 0.1) is 20.8 Å². The van der Waals surface area contributed by atoms with E-state index in [0.717, 1.165) is 17.8 Å². The second-order valence-corrected chi connectivity index (χ2v) is 6.87. The molecule has 0 radical (unpaired) electrons. The van der Waals surface area contributed by atoms with Gasteiger partial charge in [0.1, 0.15) is 0 Å². The maximum Gasteiger partial charge on any atom is 0.436 e. The fraction of sp³-hybridized carbons (Fsp3) is 0.562. The van der Waals surface area contributed by atoms with Crippen molar-refractivity contribution in [3.05, 3.63) is 33.3 Å². The molecule has 2 heterocycles. The van der Waals surface area contributed by atoms with Gasteiger partial charge in [-0.25, -0.2) is 0 Å². The third kappa shape index (κ3) is 5.09. The first-order chi connectivity index (χ1) is 12.1. The Morgan fingerprint density at radius 1 is 1.19 bits per heavy atom. The van der Waals surface area contributed by atoms with Crippen molar-refractivity contribution in [2.24, 2.45) is 0 Å². The zero-order valence-electron chi connectivity index (χ0n) is 14.8. The molecule has 2 aromatic heterocycles. The van der Waals surface area contributed by atoms with Gasteiger partial charge in [-0.1, -0.05) is 0 Å². The minimum absolute atomic E-state index is 0.0617. The van der Waals surface area contributed by atoms with Crippen LogP contribution >= 0.6 is 15.9 Å². The summed E-state index contributed by atoms with van der Waals surface area (Å²) in [7, 11) is 0. The molecule has 144 valence electrons. The molecule has 0 unspecified atom stereocenters. The molecule has 0 aliphatic carbocycles. The van der Waals surface area contributed by atoms with E-state index in [-0.39, 0.29) is 23.3 Å². The quantitative estimate of drug-likeness (QED) is 0.677. The van der Waals surface area contributed by atoms with Gasteiger partial charge < -0.3 is 5.32 Å². The lowest BCUT2D eigenvalue weighted by molar-refractivity contribution is -0.142. The normalized spacial score (nSPS) is 11.8. The monoisotopic (exact) mass is 435 g/mol. The molecule has 10 heteroatoms. The molecule has 0 atom stereocenters. The van der Waals surface area contributed by atoms with E-state index in [0.29, 0.717) is 18.8 Å². The first-order valence-corrected chi connectivity index (χ1v) is 8.96. The Labute approximate surface area is 157 Å². The molecular formula is C16H21BrF3N5O. The SMILES string of the molecule is Cc1cc(C)n(CCCNC(=O)CCn2nc(C(F)(F)F)c(Br)c2C)n1. The zero-order chi connectivity index (χ0) is 19.5. The van der Waals surface area contributed by atoms with Gasteiger partial charge >= 0.3 is 6.18 Å². The van der Waals surface area contributed by atoms with Gasteiger partial charge in [0.2, 0.25) is 5.91 Å². The number of hydrogen-bond acceptors (Lipinski definition) is 3. The fourth-order valence-electron chi connectivity index (χ4n) is 2.58. The Bertz CT molecular complexity index is 782. The Morgan fingerprint density at radius 2 is 1.88 bits per heavy atom. The number of carbonyl (C=O) groups excluding carboxylic acids is 1. The summed E-state index contributed by atoms with van der Waals surface area (Å²) in [5.74, 6) is -0.224. The molecule has 6 nitrogen and oxygen atoms in total. The van der Waals surface area contributed by atoms with Crippen molar-refractivity contribution in [3.8, 4) is 0 Å². The molecule has 1 N–H and O–H groups in total. The van der Waals surface area contributed by atoms with E-state index in [1.807, 2.05) is 24.6 Å². The largest absolute Gasteiger partial charge is 0.436 e. The number of alkyl halides is 3. The Kier molecular flexibility index (Phi) is 6.48. The van der Waals surface area contributed by atoms with Crippen LogP contribution in [-0.2, 0) is 24.1 Å². The molecule has 0 fully saturated rings. The minimum atomic E-state index is -4.53. The van der Waals surface area contributed by atoms with Crippen LogP contribution in [0.15, 0.2) is 10.5 Å². The second-order valence-electron chi connectivity index (χ2n) is 6.07. The lowest BCUT2D eigenvalue weighted by Crippen LogP contribution is -2.26. The summed E-state index contributed by atoms with van der Waals surface area (Å²) >= 11 is 2.91. The highest BCUT2D eigenvalue weighted by molar-refractivity contribution is 9.10. The summed E-state index contributed by atoms with van der Waals surface area (Å²) in [5, 5.41) is 10.7. The predicted octanol–water partition coefficient (Wildman–Crippen LogP) is 3.38. The Hall–Kier alpha value is -1.84. The third-order valence-corrected chi connectivity index (χ3v) is 4.87. The fourth-order valence-corrected chi connectivity index (χ4v) is 3.09. The van der Waals surface area contributed by atoms with Gasteiger partial charge in [-0.2, -0.15) is 23.4 Å². The Morgan fingerprint density at radius 3 is 2.42 bits per heavy atom. The van der Waals surface area contributed by atoms with Crippen molar-refractivity contribution in [2.45, 2.75) is 52.9 Å². The van der Waals surface area contributed by atoms with Crippen LogP contribution < -0.4 is 5.32 Å². The van der Waals surface area contributed by atoms with E-state index in [1.54, 1.807) is 0 Å². The van der Waals surface area contributed by atoms with Crippen molar-refractivity contribution >= 4 is 21.8 Å². The number of nitrogens with zero attached hydrogens (tertiary/aromatic N) is 4. The topological polar surface area (TPSA) is 64.7 Å². The van der Waals surface area contributed by atoms with E-state index in [1.165, 1.54) is 11.6 Å². The molecule has 2 aromatic rings. The molecule has 0 saturated carbocycles. The molecule has 0 bridgehead atoms. The predicted molar refractivity (Wildman–Crippen MR) is 93.6 cm³/mol. The van der Waals surface area contributed by atoms with Crippen molar-refractivity contribution in [3.63, 3.8) is 0 Å². The van der Waals surface area contributed by atoms with E-state index in [2.05, 4.69) is 31.4 Å². The van der Waals surface area contributed by atoms with Crippen molar-refractivity contribution in [1.82, 2.24) is 24.9 Å². The maximum atomic E-state index is 12.8. The highest BCUT2D eigenvalue weighted by Crippen LogP contribution is 2.35. The molecule has 26 heavy (non-hydrogen) atoms. The molecule has 2 rings (SSSR count). The third-order valence-electron chi connectivity index (χ3n) is 3.92. The van der Waals surface area contributed by atoms with E-state index in [4.69, 9.17) is 0 Å². The van der Waals surface area contributed by atoms with Gasteiger partial charge in [-0.15, -0.1) is 0 Å².